The Hall–Kier alpha value is -3.08. The molecule has 0 saturated carbocycles. The quantitative estimate of drug-likeness (QED) is 0.539. The van der Waals surface area contributed by atoms with Gasteiger partial charge in [0.15, 0.2) is 5.96 Å². The number of guanidine groups is 1. The largest absolute Gasteiger partial charge is 0.356 e. The van der Waals surface area contributed by atoms with Crippen molar-refractivity contribution in [1.82, 2.24) is 20.4 Å². The summed E-state index contributed by atoms with van der Waals surface area (Å²) in [5.74, 6) is 0.795. The molecule has 0 radical (unpaired) electrons. The molecule has 0 aliphatic carbocycles. The SMILES string of the molecule is CN=C(NCCc1ccccc1)NCc1cnn(-c2ccccc2)c1. The van der Waals surface area contributed by atoms with Gasteiger partial charge in [0.2, 0.25) is 0 Å². The number of hydrogen-bond acceptors (Lipinski definition) is 2. The fraction of sp³-hybridized carbons (Fsp3) is 0.200. The van der Waals surface area contributed by atoms with Crippen LogP contribution in [0.15, 0.2) is 78.0 Å². The molecule has 0 amide bonds. The second-order valence-corrected chi connectivity index (χ2v) is 5.72. The molecule has 2 aromatic carbocycles. The zero-order chi connectivity index (χ0) is 17.3. The number of rotatable bonds is 6. The second kappa shape index (κ2) is 8.68. The van der Waals surface area contributed by atoms with E-state index < -0.39 is 0 Å². The minimum Gasteiger partial charge on any atom is -0.356 e. The Kier molecular flexibility index (Phi) is 5.82. The van der Waals surface area contributed by atoms with Crippen LogP contribution in [0.2, 0.25) is 0 Å². The zero-order valence-corrected chi connectivity index (χ0v) is 14.4. The van der Waals surface area contributed by atoms with Gasteiger partial charge < -0.3 is 10.6 Å². The van der Waals surface area contributed by atoms with Gasteiger partial charge in [-0.15, -0.1) is 0 Å². The lowest BCUT2D eigenvalue weighted by Crippen LogP contribution is -2.37. The van der Waals surface area contributed by atoms with Gasteiger partial charge in [-0.05, 0) is 24.1 Å². The summed E-state index contributed by atoms with van der Waals surface area (Å²) in [4.78, 5) is 4.27. The summed E-state index contributed by atoms with van der Waals surface area (Å²) in [7, 11) is 1.78. The van der Waals surface area contributed by atoms with Crippen LogP contribution in [0, 0.1) is 0 Å². The lowest BCUT2D eigenvalue weighted by Gasteiger charge is -2.11. The van der Waals surface area contributed by atoms with E-state index >= 15 is 0 Å². The summed E-state index contributed by atoms with van der Waals surface area (Å²) in [6, 6.07) is 20.5. The predicted molar refractivity (Wildman–Crippen MR) is 102 cm³/mol. The number of aromatic nitrogens is 2. The molecule has 5 heteroatoms. The van der Waals surface area contributed by atoms with Gasteiger partial charge in [0.25, 0.3) is 0 Å². The molecule has 1 aromatic heterocycles. The van der Waals surface area contributed by atoms with Crippen molar-refractivity contribution in [3.63, 3.8) is 0 Å². The smallest absolute Gasteiger partial charge is 0.191 e. The average molecular weight is 333 g/mol. The molecule has 0 fully saturated rings. The van der Waals surface area contributed by atoms with Crippen LogP contribution in [0.25, 0.3) is 5.69 Å². The molecule has 0 unspecified atom stereocenters. The van der Waals surface area contributed by atoms with E-state index in [4.69, 9.17) is 0 Å². The zero-order valence-electron chi connectivity index (χ0n) is 14.4. The highest BCUT2D eigenvalue weighted by Crippen LogP contribution is 2.07. The van der Waals surface area contributed by atoms with Crippen molar-refractivity contribution in [3.8, 4) is 5.69 Å². The number of nitrogens with zero attached hydrogens (tertiary/aromatic N) is 3. The maximum atomic E-state index is 4.41. The number of para-hydroxylation sites is 1. The monoisotopic (exact) mass is 333 g/mol. The summed E-state index contributed by atoms with van der Waals surface area (Å²) in [5, 5.41) is 11.1. The number of aliphatic imine (C=N–C) groups is 1. The molecule has 2 N–H and O–H groups in total. The van der Waals surface area contributed by atoms with Crippen LogP contribution >= 0.6 is 0 Å². The summed E-state index contributed by atoms with van der Waals surface area (Å²) in [6.07, 6.45) is 4.87. The molecule has 0 bridgehead atoms. The topological polar surface area (TPSA) is 54.2 Å². The van der Waals surface area contributed by atoms with Crippen LogP contribution in [0.1, 0.15) is 11.1 Å². The molecule has 128 valence electrons. The summed E-state index contributed by atoms with van der Waals surface area (Å²) in [6.45, 7) is 1.52. The van der Waals surface area contributed by atoms with Gasteiger partial charge >= 0.3 is 0 Å². The highest BCUT2D eigenvalue weighted by Gasteiger charge is 2.02. The van der Waals surface area contributed by atoms with Gasteiger partial charge in [0, 0.05) is 31.9 Å². The maximum absolute atomic E-state index is 4.41. The average Bonchev–Trinajstić information content (AvgIpc) is 3.15. The summed E-state index contributed by atoms with van der Waals surface area (Å²) >= 11 is 0. The van der Waals surface area contributed by atoms with Gasteiger partial charge in [0.05, 0.1) is 11.9 Å². The van der Waals surface area contributed by atoms with Crippen molar-refractivity contribution in [1.29, 1.82) is 0 Å². The Morgan fingerprint density at radius 1 is 0.960 bits per heavy atom. The number of benzene rings is 2. The number of nitrogens with one attached hydrogen (secondary N) is 2. The molecule has 3 aromatic rings. The van der Waals surface area contributed by atoms with Crippen LogP contribution in [-0.4, -0.2) is 29.3 Å². The first kappa shape index (κ1) is 16.8. The van der Waals surface area contributed by atoms with Gasteiger partial charge in [-0.3, -0.25) is 4.99 Å². The van der Waals surface area contributed by atoms with E-state index in [1.807, 2.05) is 53.5 Å². The highest BCUT2D eigenvalue weighted by atomic mass is 15.3. The normalized spacial score (nSPS) is 11.3. The fourth-order valence-electron chi connectivity index (χ4n) is 2.55. The molecule has 3 rings (SSSR count). The van der Waals surface area contributed by atoms with Crippen molar-refractivity contribution >= 4 is 5.96 Å². The van der Waals surface area contributed by atoms with E-state index in [0.29, 0.717) is 6.54 Å². The number of hydrogen-bond donors (Lipinski definition) is 2. The first-order valence-electron chi connectivity index (χ1n) is 8.42. The van der Waals surface area contributed by atoms with Crippen molar-refractivity contribution < 1.29 is 0 Å². The molecule has 0 aliphatic heterocycles. The third-order valence-electron chi connectivity index (χ3n) is 3.89. The molecular weight excluding hydrogens is 310 g/mol. The minimum atomic E-state index is 0.678. The van der Waals surface area contributed by atoms with Crippen molar-refractivity contribution in [2.24, 2.45) is 4.99 Å². The van der Waals surface area contributed by atoms with Gasteiger partial charge in [-0.1, -0.05) is 48.5 Å². The maximum Gasteiger partial charge on any atom is 0.191 e. The van der Waals surface area contributed by atoms with E-state index in [1.165, 1.54) is 5.56 Å². The molecule has 0 aliphatic rings. The summed E-state index contributed by atoms with van der Waals surface area (Å²) < 4.78 is 1.88. The van der Waals surface area contributed by atoms with Crippen molar-refractivity contribution in [2.45, 2.75) is 13.0 Å². The molecule has 5 nitrogen and oxygen atoms in total. The van der Waals surface area contributed by atoms with E-state index in [1.54, 1.807) is 7.05 Å². The van der Waals surface area contributed by atoms with Gasteiger partial charge in [-0.25, -0.2) is 4.68 Å². The molecular formula is C20H23N5. The molecule has 25 heavy (non-hydrogen) atoms. The third kappa shape index (κ3) is 4.94. The molecule has 1 heterocycles. The lowest BCUT2D eigenvalue weighted by molar-refractivity contribution is 0.794. The van der Waals surface area contributed by atoms with E-state index in [9.17, 15) is 0 Å². The second-order valence-electron chi connectivity index (χ2n) is 5.72. The first-order valence-corrected chi connectivity index (χ1v) is 8.42. The Labute approximate surface area is 148 Å². The van der Waals surface area contributed by atoms with Crippen molar-refractivity contribution in [3.05, 3.63) is 84.2 Å². The molecule has 0 saturated heterocycles. The van der Waals surface area contributed by atoms with Crippen LogP contribution in [0.4, 0.5) is 0 Å². The van der Waals surface area contributed by atoms with Gasteiger partial charge in [-0.2, -0.15) is 5.10 Å². The molecule has 0 spiro atoms. The third-order valence-corrected chi connectivity index (χ3v) is 3.89. The standard InChI is InChI=1S/C20H23N5/c1-21-20(22-13-12-17-8-4-2-5-9-17)23-14-18-15-24-25(16-18)19-10-6-3-7-11-19/h2-11,15-16H,12-14H2,1H3,(H2,21,22,23). The first-order chi connectivity index (χ1) is 12.3. The van der Waals surface area contributed by atoms with Crippen LogP contribution in [0.3, 0.4) is 0 Å². The predicted octanol–water partition coefficient (Wildman–Crippen LogP) is 2.78. The Morgan fingerprint density at radius 3 is 2.40 bits per heavy atom. The fourth-order valence-corrected chi connectivity index (χ4v) is 2.55. The van der Waals surface area contributed by atoms with Gasteiger partial charge in [0.1, 0.15) is 0 Å². The minimum absolute atomic E-state index is 0.678. The van der Waals surface area contributed by atoms with Crippen LogP contribution in [-0.2, 0) is 13.0 Å². The lowest BCUT2D eigenvalue weighted by atomic mass is 10.1. The Balaban J connectivity index is 1.47. The van der Waals surface area contributed by atoms with Crippen molar-refractivity contribution in [2.75, 3.05) is 13.6 Å². The van der Waals surface area contributed by atoms with Crippen LogP contribution < -0.4 is 10.6 Å². The highest BCUT2D eigenvalue weighted by molar-refractivity contribution is 5.79. The van der Waals surface area contributed by atoms with E-state index in [0.717, 1.165) is 30.2 Å². The van der Waals surface area contributed by atoms with Crippen LogP contribution in [0.5, 0.6) is 0 Å². The van der Waals surface area contributed by atoms with E-state index in [2.05, 4.69) is 45.0 Å². The Morgan fingerprint density at radius 2 is 1.68 bits per heavy atom. The Bertz CT molecular complexity index is 793. The summed E-state index contributed by atoms with van der Waals surface area (Å²) in [5.41, 5.74) is 3.48. The molecule has 0 atom stereocenters. The van der Waals surface area contributed by atoms with E-state index in [-0.39, 0.29) is 0 Å².